The molecule has 0 saturated carbocycles. The lowest BCUT2D eigenvalue weighted by atomic mass is 9.99. The van der Waals surface area contributed by atoms with E-state index in [2.05, 4.69) is 14.9 Å². The van der Waals surface area contributed by atoms with E-state index in [0.717, 1.165) is 31.2 Å². The van der Waals surface area contributed by atoms with E-state index < -0.39 is 0 Å². The fourth-order valence-corrected chi connectivity index (χ4v) is 2.40. The Morgan fingerprint density at radius 1 is 1.47 bits per heavy atom. The van der Waals surface area contributed by atoms with Crippen LogP contribution in [0, 0.1) is 5.92 Å². The van der Waals surface area contributed by atoms with Gasteiger partial charge in [0.25, 0.3) is 0 Å². The lowest BCUT2D eigenvalue weighted by Gasteiger charge is -2.33. The van der Waals surface area contributed by atoms with E-state index in [4.69, 9.17) is 10.5 Å². The maximum absolute atomic E-state index is 5.70. The normalized spacial score (nSPS) is 20.6. The second kappa shape index (κ2) is 5.93. The first-order valence-electron chi connectivity index (χ1n) is 6.09. The van der Waals surface area contributed by atoms with Crippen LogP contribution in [0.25, 0.3) is 0 Å². The molecule has 1 atom stereocenters. The minimum absolute atomic E-state index is 0.439. The van der Waals surface area contributed by atoms with Gasteiger partial charge < -0.3 is 15.4 Å². The SMILES string of the molecule is COCC1CCCN(c2nccnc2CN)C1. The van der Waals surface area contributed by atoms with Gasteiger partial charge in [-0.15, -0.1) is 0 Å². The average Bonchev–Trinajstić information content (AvgIpc) is 2.39. The summed E-state index contributed by atoms with van der Waals surface area (Å²) in [4.78, 5) is 11.0. The van der Waals surface area contributed by atoms with Gasteiger partial charge in [-0.1, -0.05) is 0 Å². The van der Waals surface area contributed by atoms with Crippen molar-refractivity contribution in [2.24, 2.45) is 11.7 Å². The predicted octanol–water partition coefficient (Wildman–Crippen LogP) is 0.798. The molecule has 1 unspecified atom stereocenters. The summed E-state index contributed by atoms with van der Waals surface area (Å²) in [5.74, 6) is 1.53. The van der Waals surface area contributed by atoms with Crippen LogP contribution >= 0.6 is 0 Å². The lowest BCUT2D eigenvalue weighted by molar-refractivity contribution is 0.143. The highest BCUT2D eigenvalue weighted by Gasteiger charge is 2.22. The van der Waals surface area contributed by atoms with Crippen LogP contribution in [0.1, 0.15) is 18.5 Å². The molecular weight excluding hydrogens is 216 g/mol. The topological polar surface area (TPSA) is 64.3 Å². The molecule has 5 heteroatoms. The summed E-state index contributed by atoms with van der Waals surface area (Å²) < 4.78 is 5.23. The van der Waals surface area contributed by atoms with Gasteiger partial charge >= 0.3 is 0 Å². The van der Waals surface area contributed by atoms with Crippen LogP contribution in [0.5, 0.6) is 0 Å². The summed E-state index contributed by atoms with van der Waals surface area (Å²) >= 11 is 0. The quantitative estimate of drug-likeness (QED) is 0.837. The molecule has 1 aliphatic rings. The van der Waals surface area contributed by atoms with Gasteiger partial charge in [0.2, 0.25) is 0 Å². The fraction of sp³-hybridized carbons (Fsp3) is 0.667. The molecule has 0 bridgehead atoms. The minimum Gasteiger partial charge on any atom is -0.384 e. The average molecular weight is 236 g/mol. The maximum atomic E-state index is 5.70. The summed E-state index contributed by atoms with van der Waals surface area (Å²) in [5.41, 5.74) is 6.58. The Hall–Kier alpha value is -1.20. The van der Waals surface area contributed by atoms with Crippen molar-refractivity contribution >= 4 is 5.82 Å². The zero-order valence-electron chi connectivity index (χ0n) is 10.3. The molecule has 0 aromatic carbocycles. The molecule has 17 heavy (non-hydrogen) atoms. The molecule has 94 valence electrons. The number of nitrogens with zero attached hydrogens (tertiary/aromatic N) is 3. The molecule has 1 saturated heterocycles. The van der Waals surface area contributed by atoms with Crippen LogP contribution in [0.4, 0.5) is 5.82 Å². The van der Waals surface area contributed by atoms with E-state index in [1.807, 2.05) is 0 Å². The van der Waals surface area contributed by atoms with Crippen LogP contribution in [-0.2, 0) is 11.3 Å². The highest BCUT2D eigenvalue weighted by molar-refractivity contribution is 5.43. The Balaban J connectivity index is 2.10. The Bertz CT molecular complexity index is 356. The van der Waals surface area contributed by atoms with Gasteiger partial charge in [0.05, 0.1) is 12.3 Å². The molecule has 1 fully saturated rings. The number of methoxy groups -OCH3 is 1. The van der Waals surface area contributed by atoms with E-state index in [1.54, 1.807) is 19.5 Å². The summed E-state index contributed by atoms with van der Waals surface area (Å²) in [7, 11) is 1.76. The number of hydrogen-bond acceptors (Lipinski definition) is 5. The van der Waals surface area contributed by atoms with Crippen molar-refractivity contribution in [2.75, 3.05) is 31.7 Å². The Kier molecular flexibility index (Phi) is 4.28. The lowest BCUT2D eigenvalue weighted by Crippen LogP contribution is -2.38. The van der Waals surface area contributed by atoms with Crippen molar-refractivity contribution in [3.05, 3.63) is 18.1 Å². The van der Waals surface area contributed by atoms with Crippen LogP contribution < -0.4 is 10.6 Å². The van der Waals surface area contributed by atoms with Gasteiger partial charge in [-0.3, -0.25) is 4.98 Å². The molecule has 1 aromatic rings. The van der Waals surface area contributed by atoms with Crippen molar-refractivity contribution in [3.63, 3.8) is 0 Å². The largest absolute Gasteiger partial charge is 0.384 e. The second-order valence-electron chi connectivity index (χ2n) is 4.44. The summed E-state index contributed by atoms with van der Waals surface area (Å²) in [6, 6.07) is 0. The van der Waals surface area contributed by atoms with Crippen molar-refractivity contribution in [1.29, 1.82) is 0 Å². The highest BCUT2D eigenvalue weighted by atomic mass is 16.5. The summed E-state index contributed by atoms with van der Waals surface area (Å²) in [6.07, 6.45) is 5.83. The van der Waals surface area contributed by atoms with Gasteiger partial charge in [0.1, 0.15) is 0 Å². The zero-order chi connectivity index (χ0) is 12.1. The number of nitrogens with two attached hydrogens (primary N) is 1. The number of ether oxygens (including phenoxy) is 1. The van der Waals surface area contributed by atoms with Crippen LogP contribution in [0.3, 0.4) is 0 Å². The highest BCUT2D eigenvalue weighted by Crippen LogP contribution is 2.23. The van der Waals surface area contributed by atoms with E-state index in [9.17, 15) is 0 Å². The number of hydrogen-bond donors (Lipinski definition) is 1. The Morgan fingerprint density at radius 3 is 3.06 bits per heavy atom. The van der Waals surface area contributed by atoms with Crippen LogP contribution in [0.2, 0.25) is 0 Å². The molecule has 0 spiro atoms. The second-order valence-corrected chi connectivity index (χ2v) is 4.44. The van der Waals surface area contributed by atoms with E-state index >= 15 is 0 Å². The number of piperidine rings is 1. The molecule has 0 amide bonds. The molecule has 5 nitrogen and oxygen atoms in total. The molecule has 2 N–H and O–H groups in total. The Labute approximate surface area is 102 Å². The Morgan fingerprint density at radius 2 is 2.29 bits per heavy atom. The third-order valence-electron chi connectivity index (χ3n) is 3.17. The van der Waals surface area contributed by atoms with E-state index in [-0.39, 0.29) is 0 Å². The molecule has 2 heterocycles. The number of rotatable bonds is 4. The molecule has 1 aliphatic heterocycles. The van der Waals surface area contributed by atoms with Crippen molar-refractivity contribution in [3.8, 4) is 0 Å². The first kappa shape index (κ1) is 12.3. The molecule has 2 rings (SSSR count). The van der Waals surface area contributed by atoms with Gasteiger partial charge in [0, 0.05) is 39.1 Å². The predicted molar refractivity (Wildman–Crippen MR) is 66.7 cm³/mol. The minimum atomic E-state index is 0.439. The van der Waals surface area contributed by atoms with Gasteiger partial charge in [0.15, 0.2) is 5.82 Å². The number of anilines is 1. The summed E-state index contributed by atoms with van der Waals surface area (Å²) in [5, 5.41) is 0. The molecular formula is C12H20N4O. The van der Waals surface area contributed by atoms with Crippen LogP contribution in [0.15, 0.2) is 12.4 Å². The standard InChI is InChI=1S/C12H20N4O/c1-17-9-10-3-2-6-16(8-10)12-11(7-13)14-4-5-15-12/h4-5,10H,2-3,6-9,13H2,1H3. The van der Waals surface area contributed by atoms with E-state index in [1.165, 1.54) is 12.8 Å². The van der Waals surface area contributed by atoms with Gasteiger partial charge in [-0.25, -0.2) is 4.98 Å². The summed E-state index contributed by atoms with van der Waals surface area (Å²) in [6.45, 7) is 3.27. The molecule has 0 aliphatic carbocycles. The van der Waals surface area contributed by atoms with Crippen molar-refractivity contribution in [1.82, 2.24) is 9.97 Å². The molecule has 0 radical (unpaired) electrons. The van der Waals surface area contributed by atoms with Crippen molar-refractivity contribution < 1.29 is 4.74 Å². The maximum Gasteiger partial charge on any atom is 0.151 e. The third kappa shape index (κ3) is 2.92. The van der Waals surface area contributed by atoms with Crippen LogP contribution in [-0.4, -0.2) is 36.8 Å². The smallest absolute Gasteiger partial charge is 0.151 e. The monoisotopic (exact) mass is 236 g/mol. The van der Waals surface area contributed by atoms with Crippen molar-refractivity contribution in [2.45, 2.75) is 19.4 Å². The van der Waals surface area contributed by atoms with Gasteiger partial charge in [-0.2, -0.15) is 0 Å². The third-order valence-corrected chi connectivity index (χ3v) is 3.17. The zero-order valence-corrected chi connectivity index (χ0v) is 10.3. The first-order chi connectivity index (χ1) is 8.35. The first-order valence-corrected chi connectivity index (χ1v) is 6.09. The van der Waals surface area contributed by atoms with Gasteiger partial charge in [-0.05, 0) is 18.8 Å². The molecule has 1 aromatic heterocycles. The van der Waals surface area contributed by atoms with E-state index in [0.29, 0.717) is 12.5 Å². The number of aromatic nitrogens is 2. The fourth-order valence-electron chi connectivity index (χ4n) is 2.40.